The van der Waals surface area contributed by atoms with Crippen molar-refractivity contribution in [3.63, 3.8) is 0 Å². The van der Waals surface area contributed by atoms with Gasteiger partial charge in [0.05, 0.1) is 65.1 Å². The summed E-state index contributed by atoms with van der Waals surface area (Å²) >= 11 is 26.6. The van der Waals surface area contributed by atoms with Crippen LogP contribution >= 0.6 is 46.4 Å². The van der Waals surface area contributed by atoms with Gasteiger partial charge in [-0.1, -0.05) is 70.7 Å². The number of fused-ring (bicyclic) bond motifs is 4. The van der Waals surface area contributed by atoms with Gasteiger partial charge in [0.2, 0.25) is 0 Å². The summed E-state index contributed by atoms with van der Waals surface area (Å²) < 4.78 is 22.9. The highest BCUT2D eigenvalue weighted by molar-refractivity contribution is 6.36. The average Bonchev–Trinajstić information content (AvgIpc) is 2.22. The Kier molecular flexibility index (Phi) is 22.0. The Bertz CT molecular complexity index is 2780. The molecule has 6 unspecified atom stereocenters. The Labute approximate surface area is 512 Å². The van der Waals surface area contributed by atoms with Crippen LogP contribution in [0.2, 0.25) is 20.1 Å². The van der Waals surface area contributed by atoms with Gasteiger partial charge in [0.25, 0.3) is 11.8 Å². The summed E-state index contributed by atoms with van der Waals surface area (Å²) in [6.45, 7) is 9.33. The Morgan fingerprint density at radius 2 is 0.929 bits per heavy atom. The largest absolute Gasteiger partial charge is 0.392 e. The maximum atomic E-state index is 13.4. The first kappa shape index (κ1) is 62.3. The van der Waals surface area contributed by atoms with E-state index in [0.29, 0.717) is 162 Å². The van der Waals surface area contributed by atoms with Crippen LogP contribution in [0.25, 0.3) is 0 Å². The molecule has 2 saturated heterocycles. The minimum Gasteiger partial charge on any atom is -0.392 e. The van der Waals surface area contributed by atoms with Crippen LogP contribution in [0.15, 0.2) is 60.7 Å². The fourth-order valence-electron chi connectivity index (χ4n) is 13.0. The second kappa shape index (κ2) is 29.7. The number of amides is 6. The predicted octanol–water partition coefficient (Wildman–Crippen LogP) is 7.38. The van der Waals surface area contributed by atoms with Gasteiger partial charge >= 0.3 is 12.1 Å². The summed E-state index contributed by atoms with van der Waals surface area (Å²) in [5.41, 5.74) is 10.1. The lowest BCUT2D eigenvalue weighted by molar-refractivity contribution is 0.0377. The Balaban J connectivity index is 0.513. The molecule has 2 aliphatic carbocycles. The van der Waals surface area contributed by atoms with Crippen molar-refractivity contribution >= 4 is 70.3 Å². The minimum absolute atomic E-state index is 0.0109. The molecule has 454 valence electrons. The first-order valence-corrected chi connectivity index (χ1v) is 31.3. The normalized spacial score (nSPS) is 22.1. The van der Waals surface area contributed by atoms with Gasteiger partial charge in [-0.3, -0.25) is 19.4 Å². The van der Waals surface area contributed by atoms with E-state index in [1.807, 2.05) is 46.2 Å². The van der Waals surface area contributed by atoms with Gasteiger partial charge in [0.1, 0.15) is 0 Å². The van der Waals surface area contributed by atoms with Crippen molar-refractivity contribution in [2.24, 2.45) is 0 Å². The Morgan fingerprint density at radius 3 is 1.33 bits per heavy atom. The molecular weight excluding hydrogens is 1160 g/mol. The smallest absolute Gasteiger partial charge is 0.314 e. The topological polar surface area (TPSA) is 207 Å². The molecule has 22 heteroatoms. The van der Waals surface area contributed by atoms with Crippen LogP contribution in [0.1, 0.15) is 116 Å². The molecule has 4 heterocycles. The van der Waals surface area contributed by atoms with E-state index in [1.165, 1.54) is 0 Å². The van der Waals surface area contributed by atoms with Crippen LogP contribution in [-0.2, 0) is 44.9 Å². The minimum atomic E-state index is -0.304. The molecule has 0 saturated carbocycles. The number of carbonyl (C=O) groups excluding carboxylic acids is 4. The number of carbonyl (C=O) groups is 4. The molecule has 84 heavy (non-hydrogen) atoms. The lowest BCUT2D eigenvalue weighted by Crippen LogP contribution is -2.39. The third-order valence-electron chi connectivity index (χ3n) is 17.3. The van der Waals surface area contributed by atoms with Crippen LogP contribution in [0.5, 0.6) is 0 Å². The number of hydrogen-bond acceptors (Lipinski definition) is 12. The maximum absolute atomic E-state index is 13.4. The lowest BCUT2D eigenvalue weighted by atomic mass is 9.75. The monoisotopic (exact) mass is 1230 g/mol. The van der Waals surface area contributed by atoms with Gasteiger partial charge < -0.3 is 60.2 Å². The van der Waals surface area contributed by atoms with Gasteiger partial charge in [0.15, 0.2) is 0 Å². The zero-order valence-corrected chi connectivity index (χ0v) is 50.5. The van der Waals surface area contributed by atoms with Crippen molar-refractivity contribution in [3.8, 4) is 0 Å². The van der Waals surface area contributed by atoms with Crippen LogP contribution in [-0.4, -0.2) is 196 Å². The van der Waals surface area contributed by atoms with Crippen molar-refractivity contribution in [3.05, 3.63) is 136 Å². The first-order valence-electron chi connectivity index (χ1n) is 29.7. The third-order valence-corrected chi connectivity index (χ3v) is 18.4. The summed E-state index contributed by atoms with van der Waals surface area (Å²) in [6, 6.07) is 19.9. The fraction of sp³-hybridized carbons (Fsp3) is 0.548. The number of urea groups is 2. The highest BCUT2D eigenvalue weighted by Crippen LogP contribution is 2.46. The zero-order chi connectivity index (χ0) is 58.7. The molecule has 0 aromatic heterocycles. The van der Waals surface area contributed by atoms with E-state index in [-0.39, 0.29) is 60.0 Å². The van der Waals surface area contributed by atoms with Gasteiger partial charge in [-0.15, -0.1) is 0 Å². The van der Waals surface area contributed by atoms with Gasteiger partial charge in [-0.25, -0.2) is 9.59 Å². The molecule has 0 bridgehead atoms. The molecular formula is C62H78Cl4N8O10. The number of unbranched alkanes of at least 4 members (excludes halogenated alkanes) is 1. The molecule has 2 fully saturated rings. The standard InChI is InChI=1S/C62H78Cl4N8O10/c63-43-27-53-51(31-45(33-55(53)57(65)29-43)71-13-7-47(75)37-71)39-3-5-49-41(25-39)35-73(59(49)77)15-19-83-23-21-81-17-11-69-61(79)67-9-1-2-10-68-62(80)70-12-18-82-22-24-84-20-16-74-36-42-26-40(4-6-50(42)60(74)78)52-32-46(72-14-8-48(76)38-72)34-56-54(52)28-44(64)30-58(56)66/h3-6,25-30,45-48,51-52,75-76H,1-2,7-24,31-38H2,(H2,67,69,79)(H2,68,70,80). The van der Waals surface area contributed by atoms with Crippen LogP contribution < -0.4 is 21.3 Å². The van der Waals surface area contributed by atoms with E-state index in [0.717, 1.165) is 96.1 Å². The number of nitrogens with zero attached hydrogens (tertiary/aromatic N) is 4. The summed E-state index contributed by atoms with van der Waals surface area (Å²) in [5.74, 6) is 0.102. The van der Waals surface area contributed by atoms with E-state index in [2.05, 4.69) is 55.3 Å². The SMILES string of the molecule is O=C(NCCCCNC(=O)NCCOCCOCCN1Cc2cc(C3CC(N4CCC(O)C4)Cc4c(Cl)cc(Cl)cc43)ccc2C1=O)NCCOCCOCCN1Cc2cc(C3CC(N4CCC(O)C4)Cc4c(Cl)cc(Cl)cc43)ccc2C1=O. The van der Waals surface area contributed by atoms with Gasteiger partial charge in [-0.2, -0.15) is 0 Å². The molecule has 4 aromatic carbocycles. The molecule has 6 amide bonds. The molecule has 6 aliphatic rings. The quantitative estimate of drug-likeness (QED) is 0.0324. The second-order valence-electron chi connectivity index (χ2n) is 22.9. The summed E-state index contributed by atoms with van der Waals surface area (Å²) in [4.78, 5) is 59.6. The first-order chi connectivity index (χ1) is 40.8. The molecule has 6 atom stereocenters. The average molecular weight is 1240 g/mol. The van der Waals surface area contributed by atoms with Crippen molar-refractivity contribution in [2.75, 3.05) is 118 Å². The summed E-state index contributed by atoms with van der Waals surface area (Å²) in [5, 5.41) is 34.3. The fourth-order valence-corrected chi connectivity index (χ4v) is 14.1. The molecule has 4 aliphatic heterocycles. The maximum Gasteiger partial charge on any atom is 0.314 e. The number of halogens is 4. The number of aliphatic hydroxyl groups is 2. The number of benzene rings is 4. The Morgan fingerprint density at radius 1 is 0.524 bits per heavy atom. The number of hydrogen-bond donors (Lipinski definition) is 6. The molecule has 10 rings (SSSR count). The number of aliphatic hydroxyl groups excluding tert-OH is 2. The molecule has 0 spiro atoms. The van der Waals surface area contributed by atoms with E-state index in [9.17, 15) is 29.4 Å². The van der Waals surface area contributed by atoms with Crippen molar-refractivity contribution in [2.45, 2.75) is 101 Å². The van der Waals surface area contributed by atoms with Crippen molar-refractivity contribution < 1.29 is 48.3 Å². The third kappa shape index (κ3) is 15.8. The number of rotatable bonds is 27. The van der Waals surface area contributed by atoms with E-state index < -0.39 is 0 Å². The lowest BCUT2D eigenvalue weighted by Gasteiger charge is -2.37. The van der Waals surface area contributed by atoms with E-state index in [1.54, 1.807) is 0 Å². The van der Waals surface area contributed by atoms with Gasteiger partial charge in [0, 0.05) is 134 Å². The highest BCUT2D eigenvalue weighted by Gasteiger charge is 2.39. The highest BCUT2D eigenvalue weighted by atomic mass is 35.5. The summed E-state index contributed by atoms with van der Waals surface area (Å²) in [7, 11) is 0. The van der Waals surface area contributed by atoms with E-state index in [4.69, 9.17) is 65.4 Å². The zero-order valence-electron chi connectivity index (χ0n) is 47.5. The molecule has 0 radical (unpaired) electrons. The molecule has 6 N–H and O–H groups in total. The van der Waals surface area contributed by atoms with Crippen molar-refractivity contribution in [1.29, 1.82) is 0 Å². The van der Waals surface area contributed by atoms with Crippen molar-refractivity contribution in [1.82, 2.24) is 40.9 Å². The number of nitrogens with one attached hydrogen (secondary N) is 4. The molecule has 4 aromatic rings. The Hall–Kier alpha value is -4.80. The summed E-state index contributed by atoms with van der Waals surface area (Å²) in [6.07, 6.45) is 5.69. The number of β-amino-alcohol motifs (C(OH)–C–C–N with tert-alkyl or cyclic N) is 2. The van der Waals surface area contributed by atoms with E-state index >= 15 is 0 Å². The van der Waals surface area contributed by atoms with Gasteiger partial charge in [-0.05, 0) is 132 Å². The number of likely N-dealkylation sites (tertiary alicyclic amines) is 2. The number of ether oxygens (including phenoxy) is 4. The molecule has 18 nitrogen and oxygen atoms in total. The van der Waals surface area contributed by atoms with Crippen LogP contribution in [0.3, 0.4) is 0 Å². The second-order valence-corrected chi connectivity index (χ2v) is 24.6. The van der Waals surface area contributed by atoms with Crippen LogP contribution in [0, 0.1) is 0 Å². The predicted molar refractivity (Wildman–Crippen MR) is 323 cm³/mol. The van der Waals surface area contributed by atoms with Crippen LogP contribution in [0.4, 0.5) is 9.59 Å².